The molecule has 1 N–H and O–H groups in total. The molecule has 1 aliphatic carbocycles. The van der Waals surface area contributed by atoms with Gasteiger partial charge in [0.25, 0.3) is 5.91 Å². The highest BCUT2D eigenvalue weighted by Crippen LogP contribution is 2.43. The number of benzene rings is 1. The van der Waals surface area contributed by atoms with E-state index in [1.54, 1.807) is 18.3 Å². The number of piperidine rings is 1. The number of rotatable bonds is 5. The summed E-state index contributed by atoms with van der Waals surface area (Å²) in [6.07, 6.45) is 9.99. The Morgan fingerprint density at radius 2 is 1.95 bits per heavy atom. The summed E-state index contributed by atoms with van der Waals surface area (Å²) in [5.74, 6) is 0.917. The van der Waals surface area contributed by atoms with Crippen molar-refractivity contribution in [2.45, 2.75) is 70.8 Å². The Bertz CT molecular complexity index is 1480. The minimum absolute atomic E-state index is 0.186. The Hall–Kier alpha value is -3.86. The predicted molar refractivity (Wildman–Crippen MR) is 151 cm³/mol. The van der Waals surface area contributed by atoms with E-state index in [0.717, 1.165) is 61.7 Å². The maximum absolute atomic E-state index is 13.3. The van der Waals surface area contributed by atoms with Gasteiger partial charge >= 0.3 is 0 Å². The molecule has 2 fully saturated rings. The number of amides is 2. The first kappa shape index (κ1) is 26.7. The van der Waals surface area contributed by atoms with Crippen LogP contribution in [0.5, 0.6) is 5.75 Å². The van der Waals surface area contributed by atoms with E-state index in [1.807, 2.05) is 14.0 Å². The number of hydrogen-bond donors (Lipinski definition) is 1. The van der Waals surface area contributed by atoms with Gasteiger partial charge < -0.3 is 19.5 Å². The number of nitriles is 1. The molecule has 1 atom stereocenters. The average molecular weight is 528 g/mol. The molecule has 3 heterocycles. The highest BCUT2D eigenvalue weighted by molar-refractivity contribution is 6.06. The largest absolute Gasteiger partial charge is 0.495 e. The van der Waals surface area contributed by atoms with Crippen LogP contribution in [-0.4, -0.2) is 45.5 Å². The molecule has 1 unspecified atom stereocenters. The fourth-order valence-corrected chi connectivity index (χ4v) is 6.57. The van der Waals surface area contributed by atoms with E-state index in [9.17, 15) is 14.9 Å². The summed E-state index contributed by atoms with van der Waals surface area (Å²) in [5, 5.41) is 13.5. The fourth-order valence-electron chi connectivity index (χ4n) is 6.57. The number of carbonyl (C=O) groups is 2. The number of nitrogens with one attached hydrogen (secondary N) is 1. The smallest absolute Gasteiger partial charge is 0.255 e. The number of aromatic nitrogens is 2. The summed E-state index contributed by atoms with van der Waals surface area (Å²) < 4.78 is 7.25. The summed E-state index contributed by atoms with van der Waals surface area (Å²) in [5.41, 5.74) is 4.14. The van der Waals surface area contributed by atoms with Crippen molar-refractivity contribution in [3.05, 3.63) is 52.8 Å². The number of ether oxygens (including phenoxy) is 1. The summed E-state index contributed by atoms with van der Waals surface area (Å²) in [4.78, 5) is 33.3. The van der Waals surface area contributed by atoms with Crippen LogP contribution >= 0.6 is 0 Å². The molecule has 0 bridgehead atoms. The second-order valence-electron chi connectivity index (χ2n) is 11.6. The topological polar surface area (TPSA) is 100 Å². The van der Waals surface area contributed by atoms with Gasteiger partial charge in [-0.05, 0) is 81.7 Å². The Morgan fingerprint density at radius 3 is 2.62 bits per heavy atom. The number of likely N-dealkylation sites (tertiary alicyclic amines) is 1. The predicted octanol–water partition coefficient (Wildman–Crippen LogP) is 5.69. The van der Waals surface area contributed by atoms with Gasteiger partial charge in [-0.3, -0.25) is 9.59 Å². The van der Waals surface area contributed by atoms with Crippen LogP contribution in [0.25, 0.3) is 11.0 Å². The molecule has 8 nitrogen and oxygen atoms in total. The third-order valence-corrected chi connectivity index (χ3v) is 8.69. The Labute approximate surface area is 230 Å². The van der Waals surface area contributed by atoms with Gasteiger partial charge in [-0.25, -0.2) is 4.98 Å². The number of hydrogen-bond acceptors (Lipinski definition) is 5. The van der Waals surface area contributed by atoms with Crippen LogP contribution in [0.3, 0.4) is 0 Å². The monoisotopic (exact) mass is 527 g/mol. The molecule has 2 aliphatic rings. The number of aryl methyl sites for hydroxylation is 2. The molecule has 8 heteroatoms. The number of carbonyl (C=O) groups excluding carboxylic acids is 2. The van der Waals surface area contributed by atoms with Crippen molar-refractivity contribution in [3.8, 4) is 11.8 Å². The third-order valence-electron chi connectivity index (χ3n) is 8.69. The number of nitrogens with zero attached hydrogens (tertiary/aromatic N) is 4. The molecule has 1 saturated carbocycles. The SMILES string of the molecule is COc1ccc(C(=O)Nc2cnc3c(c(C4CCN(C(=O)C5CCCC5)C(C)(C)C4)cn3C)c2C)cc1C#N. The minimum Gasteiger partial charge on any atom is -0.495 e. The summed E-state index contributed by atoms with van der Waals surface area (Å²) in [7, 11) is 3.50. The number of pyridine rings is 1. The zero-order valence-electron chi connectivity index (χ0n) is 23.5. The first-order chi connectivity index (χ1) is 18.6. The highest BCUT2D eigenvalue weighted by atomic mass is 16.5. The standard InChI is InChI=1S/C31H37N5O3/c1-19-25(34-29(37)21-10-11-26(39-5)23(14-21)16-32)17-33-28-27(19)24(18-35(28)4)22-12-13-36(31(2,3)15-22)30(38)20-8-6-7-9-20/h10-11,14,17-18,20,22H,6-9,12-13,15H2,1-5H3,(H,34,37). The van der Waals surface area contributed by atoms with Gasteiger partial charge in [-0.2, -0.15) is 5.26 Å². The van der Waals surface area contributed by atoms with Crippen molar-refractivity contribution in [1.82, 2.24) is 14.5 Å². The van der Waals surface area contributed by atoms with Crippen molar-refractivity contribution >= 4 is 28.5 Å². The van der Waals surface area contributed by atoms with Crippen LogP contribution in [0, 0.1) is 24.2 Å². The molecule has 1 aromatic carbocycles. The lowest BCUT2D eigenvalue weighted by Crippen LogP contribution is -2.53. The summed E-state index contributed by atoms with van der Waals surface area (Å²) >= 11 is 0. The zero-order chi connectivity index (χ0) is 27.9. The van der Waals surface area contributed by atoms with Gasteiger partial charge in [0.2, 0.25) is 5.91 Å². The molecule has 2 amide bonds. The fraction of sp³-hybridized carbons (Fsp3) is 0.484. The van der Waals surface area contributed by atoms with Crippen LogP contribution in [0.15, 0.2) is 30.6 Å². The third kappa shape index (κ3) is 4.87. The molecule has 2 aromatic heterocycles. The Balaban J connectivity index is 1.42. The first-order valence-electron chi connectivity index (χ1n) is 13.8. The van der Waals surface area contributed by atoms with Crippen molar-refractivity contribution in [1.29, 1.82) is 5.26 Å². The molecule has 0 spiro atoms. The number of anilines is 1. The van der Waals surface area contributed by atoms with Gasteiger partial charge in [0.05, 0.1) is 24.6 Å². The summed E-state index contributed by atoms with van der Waals surface area (Å²) in [6.45, 7) is 7.16. The lowest BCUT2D eigenvalue weighted by molar-refractivity contribution is -0.143. The van der Waals surface area contributed by atoms with E-state index < -0.39 is 0 Å². The first-order valence-corrected chi connectivity index (χ1v) is 13.8. The Kier molecular flexibility index (Phi) is 7.11. The molecule has 0 radical (unpaired) electrons. The second kappa shape index (κ2) is 10.4. The van der Waals surface area contributed by atoms with E-state index in [-0.39, 0.29) is 23.3 Å². The average Bonchev–Trinajstić information content (AvgIpc) is 3.57. The van der Waals surface area contributed by atoms with E-state index in [1.165, 1.54) is 18.7 Å². The van der Waals surface area contributed by atoms with E-state index >= 15 is 0 Å². The minimum atomic E-state index is -0.309. The van der Waals surface area contributed by atoms with Crippen molar-refractivity contribution in [2.24, 2.45) is 13.0 Å². The van der Waals surface area contributed by atoms with Crippen LogP contribution in [0.4, 0.5) is 5.69 Å². The lowest BCUT2D eigenvalue weighted by Gasteiger charge is -2.46. The molecule has 5 rings (SSSR count). The van der Waals surface area contributed by atoms with Crippen LogP contribution in [0.2, 0.25) is 0 Å². The molecule has 3 aromatic rings. The van der Waals surface area contributed by atoms with E-state index in [2.05, 4.69) is 40.9 Å². The number of methoxy groups -OCH3 is 1. The van der Waals surface area contributed by atoms with Crippen LogP contribution in [0.1, 0.15) is 85.3 Å². The molecular weight excluding hydrogens is 490 g/mol. The highest BCUT2D eigenvalue weighted by Gasteiger charge is 2.41. The van der Waals surface area contributed by atoms with Gasteiger partial charge in [-0.1, -0.05) is 12.8 Å². The normalized spacial score (nSPS) is 19.2. The second-order valence-corrected chi connectivity index (χ2v) is 11.6. The molecule has 204 valence electrons. The molecule has 1 saturated heterocycles. The molecular formula is C31H37N5O3. The van der Waals surface area contributed by atoms with E-state index in [0.29, 0.717) is 28.5 Å². The summed E-state index contributed by atoms with van der Waals surface area (Å²) in [6, 6.07) is 6.88. The zero-order valence-corrected chi connectivity index (χ0v) is 23.5. The quantitative estimate of drug-likeness (QED) is 0.460. The molecule has 1 aliphatic heterocycles. The van der Waals surface area contributed by atoms with Gasteiger partial charge in [0, 0.05) is 42.2 Å². The maximum atomic E-state index is 13.3. The van der Waals surface area contributed by atoms with Gasteiger partial charge in [0.1, 0.15) is 17.5 Å². The number of fused-ring (bicyclic) bond motifs is 1. The van der Waals surface area contributed by atoms with Crippen LogP contribution < -0.4 is 10.1 Å². The van der Waals surface area contributed by atoms with Crippen molar-refractivity contribution in [3.63, 3.8) is 0 Å². The Morgan fingerprint density at radius 1 is 1.21 bits per heavy atom. The molecule has 39 heavy (non-hydrogen) atoms. The maximum Gasteiger partial charge on any atom is 0.255 e. The lowest BCUT2D eigenvalue weighted by atomic mass is 9.78. The van der Waals surface area contributed by atoms with Crippen LogP contribution in [-0.2, 0) is 11.8 Å². The van der Waals surface area contributed by atoms with Gasteiger partial charge in [0.15, 0.2) is 0 Å². The van der Waals surface area contributed by atoms with E-state index in [4.69, 9.17) is 9.72 Å². The van der Waals surface area contributed by atoms with Crippen molar-refractivity contribution < 1.29 is 14.3 Å². The van der Waals surface area contributed by atoms with Gasteiger partial charge in [-0.15, -0.1) is 0 Å². The van der Waals surface area contributed by atoms with Crippen molar-refractivity contribution in [2.75, 3.05) is 19.0 Å².